The van der Waals surface area contributed by atoms with E-state index in [2.05, 4.69) is 0 Å². The molecule has 1 aliphatic heterocycles. The summed E-state index contributed by atoms with van der Waals surface area (Å²) >= 11 is 0. The van der Waals surface area contributed by atoms with Crippen molar-refractivity contribution in [2.45, 2.75) is 50.3 Å². The predicted octanol–water partition coefficient (Wildman–Crippen LogP) is 2.05. The fourth-order valence-electron chi connectivity index (χ4n) is 3.70. The molecule has 0 saturated carbocycles. The largest absolute Gasteiger partial charge is 0.481 e. The Labute approximate surface area is 154 Å². The van der Waals surface area contributed by atoms with Crippen LogP contribution in [0.2, 0.25) is 0 Å². The van der Waals surface area contributed by atoms with Crippen LogP contribution >= 0.6 is 0 Å². The van der Waals surface area contributed by atoms with Crippen molar-refractivity contribution in [3.8, 4) is 0 Å². The number of hydrogen-bond donors (Lipinski definition) is 1. The number of carboxylic acid groups (broad SMARTS) is 1. The van der Waals surface area contributed by atoms with Gasteiger partial charge in [0.15, 0.2) is 9.84 Å². The summed E-state index contributed by atoms with van der Waals surface area (Å²) in [5.74, 6) is -1.27. The van der Waals surface area contributed by atoms with Crippen LogP contribution in [0.25, 0.3) is 0 Å². The standard InChI is InChI=1S/C19H25NO5S/c1-19(18(22)23)8-10-20(11-9-19)17(21)7-12-26(24,25)16-6-5-14-3-2-4-15(14)13-16/h5-6,13H,2-4,7-12H2,1H3,(H,22,23). The van der Waals surface area contributed by atoms with Crippen LogP contribution in [0.3, 0.4) is 0 Å². The van der Waals surface area contributed by atoms with Gasteiger partial charge in [0.05, 0.1) is 16.1 Å². The third-order valence-electron chi connectivity index (χ3n) is 5.75. The van der Waals surface area contributed by atoms with E-state index in [0.717, 1.165) is 24.8 Å². The molecule has 1 aliphatic carbocycles. The van der Waals surface area contributed by atoms with Crippen LogP contribution in [-0.4, -0.2) is 49.1 Å². The summed E-state index contributed by atoms with van der Waals surface area (Å²) in [6, 6.07) is 5.28. The summed E-state index contributed by atoms with van der Waals surface area (Å²) in [6.07, 6.45) is 3.69. The SMILES string of the molecule is CC1(C(=O)O)CCN(C(=O)CCS(=O)(=O)c2ccc3c(c2)CCC3)CC1. The van der Waals surface area contributed by atoms with Gasteiger partial charge in [-0.1, -0.05) is 6.07 Å². The number of carbonyl (C=O) groups is 2. The summed E-state index contributed by atoms with van der Waals surface area (Å²) in [7, 11) is -3.49. The van der Waals surface area contributed by atoms with E-state index in [0.29, 0.717) is 30.8 Å². The number of benzene rings is 1. The quantitative estimate of drug-likeness (QED) is 0.845. The molecular weight excluding hydrogens is 354 g/mol. The van der Waals surface area contributed by atoms with Gasteiger partial charge in [0, 0.05) is 19.5 Å². The van der Waals surface area contributed by atoms with Gasteiger partial charge in [0.1, 0.15) is 0 Å². The molecule has 7 heteroatoms. The molecule has 3 rings (SSSR count). The van der Waals surface area contributed by atoms with E-state index in [1.165, 1.54) is 5.56 Å². The van der Waals surface area contributed by atoms with Crippen LogP contribution in [0, 0.1) is 5.41 Å². The van der Waals surface area contributed by atoms with Gasteiger partial charge in [-0.15, -0.1) is 0 Å². The number of hydrogen-bond acceptors (Lipinski definition) is 4. The van der Waals surface area contributed by atoms with Gasteiger partial charge in [0.2, 0.25) is 5.91 Å². The van der Waals surface area contributed by atoms with Gasteiger partial charge < -0.3 is 10.0 Å². The maximum absolute atomic E-state index is 12.6. The van der Waals surface area contributed by atoms with Crippen LogP contribution in [-0.2, 0) is 32.3 Å². The van der Waals surface area contributed by atoms with Crippen LogP contribution in [0.1, 0.15) is 43.7 Å². The number of sulfone groups is 1. The molecule has 1 aromatic carbocycles. The Morgan fingerprint density at radius 2 is 1.81 bits per heavy atom. The highest BCUT2D eigenvalue weighted by molar-refractivity contribution is 7.91. The van der Waals surface area contributed by atoms with Crippen molar-refractivity contribution in [3.63, 3.8) is 0 Å². The van der Waals surface area contributed by atoms with E-state index in [4.69, 9.17) is 0 Å². The first-order valence-corrected chi connectivity index (χ1v) is 10.7. The lowest BCUT2D eigenvalue weighted by molar-refractivity contribution is -0.152. The molecule has 1 heterocycles. The predicted molar refractivity (Wildman–Crippen MR) is 96.7 cm³/mol. The third-order valence-corrected chi connectivity index (χ3v) is 7.46. The van der Waals surface area contributed by atoms with Crippen molar-refractivity contribution in [2.24, 2.45) is 5.41 Å². The van der Waals surface area contributed by atoms with Crippen molar-refractivity contribution in [3.05, 3.63) is 29.3 Å². The number of aryl methyl sites for hydroxylation is 2. The Balaban J connectivity index is 1.58. The number of rotatable bonds is 5. The highest BCUT2D eigenvalue weighted by Gasteiger charge is 2.38. The van der Waals surface area contributed by atoms with Gasteiger partial charge in [-0.3, -0.25) is 9.59 Å². The topological polar surface area (TPSA) is 91.8 Å². The fraction of sp³-hybridized carbons (Fsp3) is 0.579. The van der Waals surface area contributed by atoms with Crippen molar-refractivity contribution < 1.29 is 23.1 Å². The lowest BCUT2D eigenvalue weighted by atomic mass is 9.80. The van der Waals surface area contributed by atoms with Crippen LogP contribution < -0.4 is 0 Å². The smallest absolute Gasteiger partial charge is 0.309 e. The maximum Gasteiger partial charge on any atom is 0.309 e. The first-order chi connectivity index (χ1) is 12.2. The summed E-state index contributed by atoms with van der Waals surface area (Å²) < 4.78 is 25.1. The number of likely N-dealkylation sites (tertiary alicyclic amines) is 1. The second-order valence-corrected chi connectivity index (χ2v) is 9.71. The average Bonchev–Trinajstić information content (AvgIpc) is 3.08. The fourth-order valence-corrected chi connectivity index (χ4v) is 4.98. The second-order valence-electron chi connectivity index (χ2n) is 7.60. The summed E-state index contributed by atoms with van der Waals surface area (Å²) in [4.78, 5) is 25.5. The summed E-state index contributed by atoms with van der Waals surface area (Å²) in [5, 5.41) is 9.24. The lowest BCUT2D eigenvalue weighted by Gasteiger charge is -2.36. The third kappa shape index (κ3) is 3.77. The molecule has 1 saturated heterocycles. The summed E-state index contributed by atoms with van der Waals surface area (Å²) in [5.41, 5.74) is 1.52. The molecule has 1 fully saturated rings. The number of carboxylic acids is 1. The van der Waals surface area contributed by atoms with Crippen molar-refractivity contribution in [2.75, 3.05) is 18.8 Å². The Hall–Kier alpha value is -1.89. The van der Waals surface area contributed by atoms with E-state index >= 15 is 0 Å². The number of amides is 1. The number of fused-ring (bicyclic) bond motifs is 1. The lowest BCUT2D eigenvalue weighted by Crippen LogP contribution is -2.45. The molecule has 2 aliphatic rings. The van der Waals surface area contributed by atoms with Gasteiger partial charge in [0.25, 0.3) is 0 Å². The first kappa shape index (κ1) is 18.9. The van der Waals surface area contributed by atoms with Crippen LogP contribution in [0.5, 0.6) is 0 Å². The molecule has 6 nitrogen and oxygen atoms in total. The van der Waals surface area contributed by atoms with Gasteiger partial charge in [-0.2, -0.15) is 0 Å². The second kappa shape index (κ2) is 7.02. The van der Waals surface area contributed by atoms with Crippen LogP contribution in [0.15, 0.2) is 23.1 Å². The Morgan fingerprint density at radius 1 is 1.15 bits per heavy atom. The maximum atomic E-state index is 12.6. The summed E-state index contributed by atoms with van der Waals surface area (Å²) in [6.45, 7) is 2.41. The van der Waals surface area contributed by atoms with E-state index in [9.17, 15) is 23.1 Å². The number of piperidine rings is 1. The molecule has 0 aromatic heterocycles. The molecule has 1 amide bonds. The number of carbonyl (C=O) groups excluding carboxylic acids is 1. The van der Waals surface area contributed by atoms with E-state index < -0.39 is 21.2 Å². The molecule has 1 N–H and O–H groups in total. The van der Waals surface area contributed by atoms with Crippen molar-refractivity contribution in [1.29, 1.82) is 0 Å². The van der Waals surface area contributed by atoms with E-state index in [-0.39, 0.29) is 18.1 Å². The highest BCUT2D eigenvalue weighted by Crippen LogP contribution is 2.31. The Bertz CT molecular complexity index is 822. The minimum atomic E-state index is -3.49. The van der Waals surface area contributed by atoms with Gasteiger partial charge in [-0.05, 0) is 62.3 Å². The van der Waals surface area contributed by atoms with E-state index in [1.807, 2.05) is 6.07 Å². The van der Waals surface area contributed by atoms with Crippen LogP contribution in [0.4, 0.5) is 0 Å². The zero-order valence-corrected chi connectivity index (χ0v) is 15.8. The molecule has 1 aromatic rings. The Kier molecular flexibility index (Phi) is 5.10. The zero-order chi connectivity index (χ0) is 18.9. The minimum absolute atomic E-state index is 0.0663. The van der Waals surface area contributed by atoms with Gasteiger partial charge in [-0.25, -0.2) is 8.42 Å². The molecule has 0 radical (unpaired) electrons. The number of nitrogens with zero attached hydrogens (tertiary/aromatic N) is 1. The molecule has 26 heavy (non-hydrogen) atoms. The van der Waals surface area contributed by atoms with Gasteiger partial charge >= 0.3 is 5.97 Å². The molecule has 142 valence electrons. The van der Waals surface area contributed by atoms with E-state index in [1.54, 1.807) is 24.0 Å². The molecule has 0 unspecified atom stereocenters. The Morgan fingerprint density at radius 3 is 2.46 bits per heavy atom. The monoisotopic (exact) mass is 379 g/mol. The number of aliphatic carboxylic acids is 1. The molecular formula is C19H25NO5S. The van der Waals surface area contributed by atoms with Crippen molar-refractivity contribution in [1.82, 2.24) is 4.90 Å². The first-order valence-electron chi connectivity index (χ1n) is 9.07. The zero-order valence-electron chi connectivity index (χ0n) is 15.0. The highest BCUT2D eigenvalue weighted by atomic mass is 32.2. The minimum Gasteiger partial charge on any atom is -0.481 e. The average molecular weight is 379 g/mol. The molecule has 0 bridgehead atoms. The normalized spacial score (nSPS) is 19.2. The molecule has 0 atom stereocenters. The van der Waals surface area contributed by atoms with Crippen molar-refractivity contribution >= 4 is 21.7 Å². The molecule has 0 spiro atoms.